The molecule has 1 aromatic carbocycles. The van der Waals surface area contributed by atoms with E-state index in [1.165, 1.54) is 6.92 Å². The summed E-state index contributed by atoms with van der Waals surface area (Å²) in [5.74, 6) is -2.00. The van der Waals surface area contributed by atoms with Crippen LogP contribution in [0.5, 0.6) is 5.75 Å². The average molecular weight is 911 g/mol. The molecule has 3 aliphatic heterocycles. The first-order chi connectivity index (χ1) is 29.8. The highest BCUT2D eigenvalue weighted by Gasteiger charge is 2.58. The smallest absolute Gasteiger partial charge is 0.311 e. The Balaban J connectivity index is 1.83. The molecule has 0 amide bonds. The lowest BCUT2D eigenvalue weighted by Crippen LogP contribution is -2.70. The molecule has 64 heavy (non-hydrogen) atoms. The number of nitrogens with one attached hydrogen (secondary N) is 2. The standard InChI is InChI=1S/C48H86N4O12/c1-16-37-47(10,56)41(53)33(6)50-27-29(2)25-45(8,55)42(64-44-40(61-35-20-18-17-19-21-35)36(52(13)14)24-30(3)59-44)31(4)39(32(5)43(54)62-37)63-38-26-46(9,58-15)48(57,34(7)60-38)28-49-22-23-51(11)12/h17-21,29-34,36-42,44,49-50,53,55-57H,16,22-28H2,1-15H3/t29-,30-,31+,32-,33-,34+,36+,37-,38+,39+,40-,41-,42-,44+,45-,46-,47-,48+/m1/s1. The van der Waals surface area contributed by atoms with Crippen molar-refractivity contribution in [2.75, 3.05) is 61.5 Å². The summed E-state index contributed by atoms with van der Waals surface area (Å²) in [6.07, 6.45) is -6.88. The third kappa shape index (κ3) is 12.9. The lowest BCUT2D eigenvalue weighted by Gasteiger charge is -2.53. The van der Waals surface area contributed by atoms with Gasteiger partial charge in [0.2, 0.25) is 0 Å². The summed E-state index contributed by atoms with van der Waals surface area (Å²) >= 11 is 0. The predicted molar refractivity (Wildman–Crippen MR) is 245 cm³/mol. The number of nitrogens with zero attached hydrogens (tertiary/aromatic N) is 2. The Kier molecular flexibility index (Phi) is 19.5. The van der Waals surface area contributed by atoms with E-state index in [-0.39, 0.29) is 43.9 Å². The Morgan fingerprint density at radius 3 is 2.17 bits per heavy atom. The van der Waals surface area contributed by atoms with Crippen molar-refractivity contribution in [3.05, 3.63) is 30.3 Å². The molecule has 0 saturated carbocycles. The highest BCUT2D eigenvalue weighted by molar-refractivity contribution is 5.73. The molecule has 1 aromatic rings. The van der Waals surface area contributed by atoms with Crippen molar-refractivity contribution in [3.63, 3.8) is 0 Å². The van der Waals surface area contributed by atoms with Gasteiger partial charge in [0.15, 0.2) is 18.7 Å². The number of aliphatic hydroxyl groups excluding tert-OH is 1. The van der Waals surface area contributed by atoms with Crippen LogP contribution < -0.4 is 15.4 Å². The maximum atomic E-state index is 14.6. The van der Waals surface area contributed by atoms with E-state index in [0.29, 0.717) is 25.3 Å². The van der Waals surface area contributed by atoms with E-state index in [9.17, 15) is 25.2 Å². The quantitative estimate of drug-likeness (QED) is 0.118. The lowest BCUT2D eigenvalue weighted by molar-refractivity contribution is -0.335. The van der Waals surface area contributed by atoms with Gasteiger partial charge in [0.25, 0.3) is 0 Å². The molecule has 18 atom stereocenters. The molecule has 370 valence electrons. The Labute approximate surface area is 383 Å². The van der Waals surface area contributed by atoms with Gasteiger partial charge in [-0.1, -0.05) is 39.0 Å². The molecule has 3 saturated heterocycles. The number of carbonyl (C=O) groups excluding carboxylic acids is 1. The largest absolute Gasteiger partial charge is 0.483 e. The monoisotopic (exact) mass is 911 g/mol. The summed E-state index contributed by atoms with van der Waals surface area (Å²) < 4.78 is 46.3. The third-order valence-electron chi connectivity index (χ3n) is 14.3. The normalized spacial score (nSPS) is 43.4. The molecule has 0 aliphatic carbocycles. The molecule has 0 bridgehead atoms. The molecule has 0 radical (unpaired) electrons. The first-order valence-electron chi connectivity index (χ1n) is 23.5. The number of likely N-dealkylation sites (N-methyl/N-ethyl adjacent to an activating group) is 2. The predicted octanol–water partition coefficient (Wildman–Crippen LogP) is 3.17. The summed E-state index contributed by atoms with van der Waals surface area (Å²) in [7, 11) is 9.50. The molecule has 3 fully saturated rings. The van der Waals surface area contributed by atoms with Gasteiger partial charge in [-0.2, -0.15) is 0 Å². The van der Waals surface area contributed by atoms with Crippen molar-refractivity contribution in [3.8, 4) is 5.75 Å². The summed E-state index contributed by atoms with van der Waals surface area (Å²) in [5, 5.41) is 55.2. The lowest BCUT2D eigenvalue weighted by atomic mass is 9.75. The first kappa shape index (κ1) is 54.6. The number of rotatable bonds is 14. The van der Waals surface area contributed by atoms with Gasteiger partial charge in [-0.25, -0.2) is 0 Å². The fourth-order valence-corrected chi connectivity index (χ4v) is 10.1. The van der Waals surface area contributed by atoms with Gasteiger partial charge in [-0.3, -0.25) is 4.79 Å². The van der Waals surface area contributed by atoms with E-state index in [1.54, 1.807) is 41.7 Å². The Morgan fingerprint density at radius 2 is 1.58 bits per heavy atom. The van der Waals surface area contributed by atoms with E-state index in [4.69, 9.17) is 33.2 Å². The Morgan fingerprint density at radius 1 is 0.922 bits per heavy atom. The van der Waals surface area contributed by atoms with Gasteiger partial charge < -0.3 is 74.0 Å². The summed E-state index contributed by atoms with van der Waals surface area (Å²) in [6, 6.07) is 8.76. The minimum absolute atomic E-state index is 0.0897. The topological polar surface area (TPSA) is 193 Å². The van der Waals surface area contributed by atoms with E-state index >= 15 is 0 Å². The van der Waals surface area contributed by atoms with Crippen molar-refractivity contribution in [1.29, 1.82) is 0 Å². The molecule has 0 unspecified atom stereocenters. The third-order valence-corrected chi connectivity index (χ3v) is 14.3. The minimum atomic E-state index is -1.82. The number of para-hydroxylation sites is 1. The molecule has 3 aliphatic rings. The number of ether oxygens (including phenoxy) is 7. The molecule has 16 heteroatoms. The minimum Gasteiger partial charge on any atom is -0.483 e. The Hall–Kier alpha value is -2.03. The number of hydrogen-bond donors (Lipinski definition) is 6. The molecular formula is C48H86N4O12. The highest BCUT2D eigenvalue weighted by Crippen LogP contribution is 2.43. The zero-order valence-corrected chi connectivity index (χ0v) is 41.6. The average Bonchev–Trinajstić information content (AvgIpc) is 3.23. The molecule has 6 N–H and O–H groups in total. The van der Waals surface area contributed by atoms with Gasteiger partial charge >= 0.3 is 5.97 Å². The van der Waals surface area contributed by atoms with Crippen molar-refractivity contribution < 1.29 is 58.4 Å². The zero-order valence-electron chi connectivity index (χ0n) is 41.6. The van der Waals surface area contributed by atoms with Crippen LogP contribution in [0.3, 0.4) is 0 Å². The number of esters is 1. The van der Waals surface area contributed by atoms with Crippen LogP contribution in [0.25, 0.3) is 0 Å². The van der Waals surface area contributed by atoms with E-state index in [2.05, 4.69) is 20.4 Å². The summed E-state index contributed by atoms with van der Waals surface area (Å²) in [5.41, 5.74) is -6.02. The number of carbonyl (C=O) groups is 1. The van der Waals surface area contributed by atoms with Gasteiger partial charge in [0.1, 0.15) is 34.8 Å². The van der Waals surface area contributed by atoms with E-state index in [0.717, 1.165) is 6.54 Å². The SMILES string of the molecule is CC[C@H]1OC(=O)[C@H](C)[C@@H](O[C@H]2C[C@@](C)(OC)[C@](O)(CNCCN(C)C)[C@H](C)O2)[C@H](C)[C@@H](O[C@@H]2O[C@H](C)C[C@H](N(C)C)[C@H]2Oc2ccccc2)[C@](C)(O)C[C@@H](C)CN[C@H](C)[C@@H](O)[C@]1(C)O. The number of cyclic esters (lactones) is 1. The molecule has 3 heterocycles. The molecule has 0 spiro atoms. The van der Waals surface area contributed by atoms with Gasteiger partial charge in [-0.05, 0) is 121 Å². The maximum absolute atomic E-state index is 14.6. The number of methoxy groups -OCH3 is 1. The summed E-state index contributed by atoms with van der Waals surface area (Å²) in [4.78, 5) is 18.7. The van der Waals surface area contributed by atoms with Crippen LogP contribution in [0.1, 0.15) is 94.9 Å². The van der Waals surface area contributed by atoms with Crippen LogP contribution in [0.4, 0.5) is 0 Å². The van der Waals surface area contributed by atoms with Crippen LogP contribution in [0.2, 0.25) is 0 Å². The van der Waals surface area contributed by atoms with Gasteiger partial charge in [-0.15, -0.1) is 0 Å². The molecule has 4 rings (SSSR count). The van der Waals surface area contributed by atoms with Crippen LogP contribution in [0.15, 0.2) is 30.3 Å². The number of hydrogen-bond acceptors (Lipinski definition) is 16. The zero-order chi connectivity index (χ0) is 47.9. The van der Waals surface area contributed by atoms with Crippen molar-refractivity contribution in [2.24, 2.45) is 17.8 Å². The second-order valence-corrected chi connectivity index (χ2v) is 20.4. The van der Waals surface area contributed by atoms with Crippen molar-refractivity contribution >= 4 is 5.97 Å². The van der Waals surface area contributed by atoms with Crippen LogP contribution in [0, 0.1) is 17.8 Å². The van der Waals surface area contributed by atoms with Gasteiger partial charge in [0, 0.05) is 45.1 Å². The van der Waals surface area contributed by atoms with Crippen LogP contribution >= 0.6 is 0 Å². The van der Waals surface area contributed by atoms with Crippen LogP contribution in [-0.2, 0) is 33.2 Å². The molecule has 16 nitrogen and oxygen atoms in total. The number of aliphatic hydroxyl groups is 4. The summed E-state index contributed by atoms with van der Waals surface area (Å²) in [6.45, 7) is 19.9. The maximum Gasteiger partial charge on any atom is 0.311 e. The Bertz CT molecular complexity index is 1570. The van der Waals surface area contributed by atoms with Crippen LogP contribution in [-0.4, -0.2) is 187 Å². The second-order valence-electron chi connectivity index (χ2n) is 20.4. The van der Waals surface area contributed by atoms with Gasteiger partial charge in [0.05, 0.1) is 42.0 Å². The second kappa shape index (κ2) is 22.8. The van der Waals surface area contributed by atoms with E-state index in [1.807, 2.05) is 86.2 Å². The molecular weight excluding hydrogens is 825 g/mol. The highest BCUT2D eigenvalue weighted by atomic mass is 16.7. The molecule has 0 aromatic heterocycles. The fourth-order valence-electron chi connectivity index (χ4n) is 10.1. The fraction of sp³-hybridized carbons (Fsp3) is 0.854. The first-order valence-corrected chi connectivity index (χ1v) is 23.5. The van der Waals surface area contributed by atoms with Crippen molar-refractivity contribution in [1.82, 2.24) is 20.4 Å². The van der Waals surface area contributed by atoms with Crippen molar-refractivity contribution in [2.45, 2.75) is 185 Å². The van der Waals surface area contributed by atoms with E-state index < -0.39 is 95.5 Å². The number of benzene rings is 1.